The number of benzene rings is 3. The fraction of sp³-hybridized carbons (Fsp3) is 0.0800. The summed E-state index contributed by atoms with van der Waals surface area (Å²) in [5, 5.41) is 3.43. The summed E-state index contributed by atoms with van der Waals surface area (Å²) in [5.41, 5.74) is 1.20. The normalized spacial score (nSPS) is 14.8. The molecule has 3 aromatic carbocycles. The number of barbiturate groups is 1. The quantitative estimate of drug-likeness (QED) is 0.316. The van der Waals surface area contributed by atoms with E-state index in [1.807, 2.05) is 0 Å². The average Bonchev–Trinajstić information content (AvgIpc) is 2.84. The van der Waals surface area contributed by atoms with Gasteiger partial charge in [0, 0.05) is 16.7 Å². The van der Waals surface area contributed by atoms with Crippen molar-refractivity contribution in [3.05, 3.63) is 92.4 Å². The van der Waals surface area contributed by atoms with Crippen molar-refractivity contribution in [1.29, 1.82) is 0 Å². The molecule has 1 aliphatic rings. The van der Waals surface area contributed by atoms with Crippen molar-refractivity contribution in [1.82, 2.24) is 5.32 Å². The number of nitrogens with zero attached hydrogens (tertiary/aromatic N) is 1. The van der Waals surface area contributed by atoms with Gasteiger partial charge < -0.3 is 9.47 Å². The van der Waals surface area contributed by atoms with E-state index in [0.717, 1.165) is 10.5 Å². The standard InChI is InChI=1S/C25H17Cl3N2O5/c1-34-18-8-3-15(22(12-18)35-13-14-2-9-20(27)21(28)10-14)11-19-23(31)29-25(33)30(24(19)32)17-6-4-16(26)5-7-17/h2-12H,13H2,1H3,(H,29,31,33)/b19-11+. The van der Waals surface area contributed by atoms with Gasteiger partial charge in [-0.15, -0.1) is 0 Å². The molecular formula is C25H17Cl3N2O5. The number of anilines is 1. The Bertz CT molecular complexity index is 1360. The van der Waals surface area contributed by atoms with Crippen molar-refractivity contribution in [3.63, 3.8) is 0 Å². The van der Waals surface area contributed by atoms with Crippen LogP contribution in [0.3, 0.4) is 0 Å². The van der Waals surface area contributed by atoms with Crippen molar-refractivity contribution in [2.75, 3.05) is 12.0 Å². The number of amides is 4. The molecule has 1 saturated heterocycles. The molecule has 0 bridgehead atoms. The second-order valence-electron chi connectivity index (χ2n) is 7.38. The topological polar surface area (TPSA) is 84.9 Å². The first kappa shape index (κ1) is 24.6. The summed E-state index contributed by atoms with van der Waals surface area (Å²) in [4.78, 5) is 39.0. The predicted octanol–water partition coefficient (Wildman–Crippen LogP) is 5.90. The largest absolute Gasteiger partial charge is 0.497 e. The highest BCUT2D eigenvalue weighted by molar-refractivity contribution is 6.42. The van der Waals surface area contributed by atoms with Gasteiger partial charge in [0.15, 0.2) is 0 Å². The van der Waals surface area contributed by atoms with Crippen molar-refractivity contribution in [3.8, 4) is 11.5 Å². The SMILES string of the molecule is COc1ccc(/C=C2\C(=O)NC(=O)N(c3ccc(Cl)cc3)C2=O)c(OCc2ccc(Cl)c(Cl)c2)c1. The summed E-state index contributed by atoms with van der Waals surface area (Å²) in [5.74, 6) is -0.754. The highest BCUT2D eigenvalue weighted by Crippen LogP contribution is 2.30. The monoisotopic (exact) mass is 530 g/mol. The molecule has 0 spiro atoms. The summed E-state index contributed by atoms with van der Waals surface area (Å²) >= 11 is 18.0. The van der Waals surface area contributed by atoms with Gasteiger partial charge in [0.2, 0.25) is 0 Å². The fourth-order valence-electron chi connectivity index (χ4n) is 3.31. The number of carbonyl (C=O) groups excluding carboxylic acids is 3. The first-order chi connectivity index (χ1) is 16.8. The molecule has 3 aromatic rings. The van der Waals surface area contributed by atoms with Crippen LogP contribution in [-0.2, 0) is 16.2 Å². The molecule has 0 unspecified atom stereocenters. The molecule has 1 heterocycles. The lowest BCUT2D eigenvalue weighted by Crippen LogP contribution is -2.54. The van der Waals surface area contributed by atoms with Gasteiger partial charge in [-0.3, -0.25) is 14.9 Å². The Morgan fingerprint density at radius 2 is 1.66 bits per heavy atom. The maximum Gasteiger partial charge on any atom is 0.335 e. The number of rotatable bonds is 6. The van der Waals surface area contributed by atoms with Gasteiger partial charge in [-0.25, -0.2) is 9.69 Å². The van der Waals surface area contributed by atoms with E-state index >= 15 is 0 Å². The second-order valence-corrected chi connectivity index (χ2v) is 8.63. The summed E-state index contributed by atoms with van der Waals surface area (Å²) in [7, 11) is 1.50. The van der Waals surface area contributed by atoms with Gasteiger partial charge in [-0.2, -0.15) is 0 Å². The van der Waals surface area contributed by atoms with E-state index in [-0.39, 0.29) is 17.9 Å². The lowest BCUT2D eigenvalue weighted by atomic mass is 10.1. The molecule has 1 N–H and O–H groups in total. The van der Waals surface area contributed by atoms with E-state index < -0.39 is 17.8 Å². The maximum atomic E-state index is 13.2. The minimum Gasteiger partial charge on any atom is -0.497 e. The Morgan fingerprint density at radius 1 is 0.914 bits per heavy atom. The van der Waals surface area contributed by atoms with Gasteiger partial charge in [0.25, 0.3) is 11.8 Å². The van der Waals surface area contributed by atoms with Crippen LogP contribution in [0.25, 0.3) is 6.08 Å². The summed E-state index contributed by atoms with van der Waals surface area (Å²) in [6.07, 6.45) is 1.36. The van der Waals surface area contributed by atoms with Crippen LogP contribution >= 0.6 is 34.8 Å². The van der Waals surface area contributed by atoms with Crippen LogP contribution in [0.15, 0.2) is 66.2 Å². The number of nitrogens with one attached hydrogen (secondary N) is 1. The number of methoxy groups -OCH3 is 1. The number of hydrogen-bond donors (Lipinski definition) is 1. The Labute approximate surface area is 215 Å². The fourth-order valence-corrected chi connectivity index (χ4v) is 3.76. The molecule has 178 valence electrons. The van der Waals surface area contributed by atoms with E-state index in [0.29, 0.717) is 32.1 Å². The zero-order valence-corrected chi connectivity index (χ0v) is 20.4. The minimum atomic E-state index is -0.856. The van der Waals surface area contributed by atoms with Crippen LogP contribution in [0, 0.1) is 0 Å². The Kier molecular flexibility index (Phi) is 7.31. The van der Waals surface area contributed by atoms with Crippen LogP contribution in [0.2, 0.25) is 15.1 Å². The van der Waals surface area contributed by atoms with E-state index in [2.05, 4.69) is 5.32 Å². The number of carbonyl (C=O) groups is 3. The highest BCUT2D eigenvalue weighted by atomic mass is 35.5. The molecule has 1 fully saturated rings. The van der Waals surface area contributed by atoms with Crippen molar-refractivity contribution >= 4 is 64.4 Å². The summed E-state index contributed by atoms with van der Waals surface area (Å²) < 4.78 is 11.2. The smallest absolute Gasteiger partial charge is 0.335 e. The van der Waals surface area contributed by atoms with Gasteiger partial charge in [-0.1, -0.05) is 40.9 Å². The lowest BCUT2D eigenvalue weighted by Gasteiger charge is -2.26. The number of ether oxygens (including phenoxy) is 2. The predicted molar refractivity (Wildman–Crippen MR) is 134 cm³/mol. The Hall–Kier alpha value is -3.52. The zero-order chi connectivity index (χ0) is 25.1. The molecule has 1 aliphatic heterocycles. The number of urea groups is 1. The van der Waals surface area contributed by atoms with E-state index in [4.69, 9.17) is 44.3 Å². The average molecular weight is 532 g/mol. The summed E-state index contributed by atoms with van der Waals surface area (Å²) in [6, 6.07) is 15.2. The number of halogens is 3. The molecule has 0 atom stereocenters. The molecule has 4 rings (SSSR count). The van der Waals surface area contributed by atoms with Crippen molar-refractivity contribution < 1.29 is 23.9 Å². The molecule has 0 saturated carbocycles. The maximum absolute atomic E-state index is 13.2. The van der Waals surface area contributed by atoms with Gasteiger partial charge in [0.05, 0.1) is 22.8 Å². The van der Waals surface area contributed by atoms with Crippen LogP contribution in [0.4, 0.5) is 10.5 Å². The molecule has 0 aromatic heterocycles. The molecule has 0 radical (unpaired) electrons. The van der Waals surface area contributed by atoms with E-state index in [1.54, 1.807) is 36.4 Å². The van der Waals surface area contributed by atoms with Crippen LogP contribution in [0.1, 0.15) is 11.1 Å². The van der Waals surface area contributed by atoms with E-state index in [9.17, 15) is 14.4 Å². The van der Waals surface area contributed by atoms with E-state index in [1.165, 1.54) is 37.5 Å². The first-order valence-corrected chi connectivity index (χ1v) is 11.3. The van der Waals surface area contributed by atoms with Crippen LogP contribution < -0.4 is 19.7 Å². The van der Waals surface area contributed by atoms with Crippen molar-refractivity contribution in [2.24, 2.45) is 0 Å². The van der Waals surface area contributed by atoms with Gasteiger partial charge >= 0.3 is 6.03 Å². The Balaban J connectivity index is 1.68. The van der Waals surface area contributed by atoms with Crippen molar-refractivity contribution in [2.45, 2.75) is 6.61 Å². The zero-order valence-electron chi connectivity index (χ0n) is 18.2. The molecule has 10 heteroatoms. The molecular weight excluding hydrogens is 515 g/mol. The molecule has 4 amide bonds. The summed E-state index contributed by atoms with van der Waals surface area (Å²) in [6.45, 7) is 0.135. The third-order valence-corrected chi connectivity index (χ3v) is 6.08. The van der Waals surface area contributed by atoms with Gasteiger partial charge in [-0.05, 0) is 60.2 Å². The third-order valence-electron chi connectivity index (χ3n) is 5.09. The minimum absolute atomic E-state index is 0.135. The second kappa shape index (κ2) is 10.4. The highest BCUT2D eigenvalue weighted by Gasteiger charge is 2.37. The number of hydrogen-bond acceptors (Lipinski definition) is 5. The molecule has 35 heavy (non-hydrogen) atoms. The molecule has 7 nitrogen and oxygen atoms in total. The van der Waals surface area contributed by atoms with Crippen LogP contribution in [0.5, 0.6) is 11.5 Å². The van der Waals surface area contributed by atoms with Crippen LogP contribution in [-0.4, -0.2) is 25.0 Å². The number of imide groups is 2. The molecule has 0 aliphatic carbocycles. The Morgan fingerprint density at radius 3 is 2.34 bits per heavy atom. The lowest BCUT2D eigenvalue weighted by molar-refractivity contribution is -0.122. The van der Waals surface area contributed by atoms with Gasteiger partial charge in [0.1, 0.15) is 23.7 Å². The third kappa shape index (κ3) is 5.43. The first-order valence-electron chi connectivity index (χ1n) is 10.2.